The quantitative estimate of drug-likeness (QED) is 0.418. The largest absolute Gasteiger partial charge is 0.340 e. The van der Waals surface area contributed by atoms with E-state index in [0.29, 0.717) is 31.0 Å². The third-order valence-corrected chi connectivity index (χ3v) is 4.83. The average Bonchev–Trinajstić information content (AvgIpc) is 3.02. The van der Waals surface area contributed by atoms with Crippen molar-refractivity contribution < 1.29 is 9.63 Å². The molecule has 2 aromatic rings. The number of piperidine rings is 1. The fraction of sp³-hybridized carbons (Fsp3) is 0.600. The molecule has 1 saturated heterocycles. The number of hydrogen-bond acceptors (Lipinski definition) is 6. The van der Waals surface area contributed by atoms with Crippen molar-refractivity contribution in [3.63, 3.8) is 0 Å². The molecule has 3 heterocycles. The number of anilines is 1. The number of rotatable bonds is 6. The second-order valence-electron chi connectivity index (χ2n) is 8.82. The minimum absolute atomic E-state index is 0.149. The fourth-order valence-corrected chi connectivity index (χ4v) is 3.59. The van der Waals surface area contributed by atoms with E-state index in [1.807, 2.05) is 45.6 Å². The summed E-state index contributed by atoms with van der Waals surface area (Å²) in [6.07, 6.45) is 4.35. The zero-order valence-corrected chi connectivity index (χ0v) is 18.2. The van der Waals surface area contributed by atoms with Gasteiger partial charge in [0.15, 0.2) is 11.2 Å². The highest BCUT2D eigenvalue weighted by Crippen LogP contribution is 2.25. The van der Waals surface area contributed by atoms with Gasteiger partial charge < -0.3 is 9.47 Å². The molecule has 1 aliphatic rings. The topological polar surface area (TPSA) is 116 Å². The van der Waals surface area contributed by atoms with Gasteiger partial charge in [-0.25, -0.2) is 9.86 Å². The van der Waals surface area contributed by atoms with Gasteiger partial charge in [0.25, 0.3) is 5.56 Å². The number of allylic oxidation sites excluding steroid dienone is 2. The maximum atomic E-state index is 12.5. The van der Waals surface area contributed by atoms with Gasteiger partial charge in [-0.2, -0.15) is 4.98 Å². The average molecular weight is 418 g/mol. The highest BCUT2D eigenvalue weighted by atomic mass is 16.7. The second kappa shape index (κ2) is 8.47. The van der Waals surface area contributed by atoms with Crippen LogP contribution in [0.15, 0.2) is 21.2 Å². The fourth-order valence-electron chi connectivity index (χ4n) is 3.59. The van der Waals surface area contributed by atoms with Crippen LogP contribution in [0.3, 0.4) is 0 Å². The van der Waals surface area contributed by atoms with Crippen LogP contribution in [0.4, 0.5) is 5.95 Å². The molecule has 3 rings (SSSR count). The van der Waals surface area contributed by atoms with Gasteiger partial charge in [0, 0.05) is 19.6 Å². The molecule has 30 heavy (non-hydrogen) atoms. The number of hydroxylamine groups is 2. The smallest absolute Gasteiger partial charge is 0.327 e. The van der Waals surface area contributed by atoms with Crippen molar-refractivity contribution in [2.75, 3.05) is 18.0 Å². The summed E-state index contributed by atoms with van der Waals surface area (Å²) in [6, 6.07) is -0.149. The number of carbonyl (C=O) groups excluding carboxylic acids is 1. The van der Waals surface area contributed by atoms with Gasteiger partial charge in [0.1, 0.15) is 0 Å². The van der Waals surface area contributed by atoms with E-state index in [9.17, 15) is 14.4 Å². The lowest BCUT2D eigenvalue weighted by Crippen LogP contribution is -2.50. The predicted octanol–water partition coefficient (Wildman–Crippen LogP) is 1.54. The molecule has 164 valence electrons. The van der Waals surface area contributed by atoms with Crippen LogP contribution in [-0.4, -0.2) is 55.7 Å². The molecule has 1 atom stereocenters. The number of amides is 1. The Balaban J connectivity index is 2.00. The second-order valence-corrected chi connectivity index (χ2v) is 8.82. The van der Waals surface area contributed by atoms with Gasteiger partial charge in [0.2, 0.25) is 12.4 Å². The molecule has 1 aliphatic heterocycles. The first-order valence-corrected chi connectivity index (χ1v) is 10.1. The van der Waals surface area contributed by atoms with Crippen molar-refractivity contribution in [1.29, 1.82) is 0 Å². The van der Waals surface area contributed by atoms with Crippen molar-refractivity contribution in [1.82, 2.24) is 24.6 Å². The zero-order valence-electron chi connectivity index (χ0n) is 18.2. The van der Waals surface area contributed by atoms with Crippen LogP contribution in [0.25, 0.3) is 11.2 Å². The molecule has 0 bridgehead atoms. The van der Waals surface area contributed by atoms with Crippen LogP contribution in [-0.2, 0) is 16.2 Å². The van der Waals surface area contributed by atoms with E-state index >= 15 is 0 Å². The summed E-state index contributed by atoms with van der Waals surface area (Å²) in [6.45, 7) is 11.3. The molecule has 1 unspecified atom stereocenters. The zero-order chi connectivity index (χ0) is 22.1. The minimum Gasteiger partial charge on any atom is -0.340 e. The number of aromatic nitrogens is 4. The summed E-state index contributed by atoms with van der Waals surface area (Å²) < 4.78 is 1.80. The van der Waals surface area contributed by atoms with Gasteiger partial charge in [-0.3, -0.25) is 24.4 Å². The molecule has 0 aromatic carbocycles. The Kier molecular flexibility index (Phi) is 6.16. The molecule has 2 N–H and O–H groups in total. The normalized spacial score (nSPS) is 17.2. The van der Waals surface area contributed by atoms with Gasteiger partial charge in [-0.05, 0) is 47.5 Å². The maximum Gasteiger partial charge on any atom is 0.327 e. The number of nitrogens with one attached hydrogen (secondary N) is 2. The minimum atomic E-state index is -0.590. The van der Waals surface area contributed by atoms with Crippen LogP contribution in [0.1, 0.15) is 47.5 Å². The number of imidazole rings is 1. The van der Waals surface area contributed by atoms with E-state index < -0.39 is 16.9 Å². The molecule has 0 saturated carbocycles. The van der Waals surface area contributed by atoms with Crippen LogP contribution < -0.4 is 16.1 Å². The van der Waals surface area contributed by atoms with Crippen LogP contribution in [0, 0.1) is 0 Å². The molecule has 2 aromatic heterocycles. The van der Waals surface area contributed by atoms with Crippen molar-refractivity contribution in [2.45, 2.75) is 65.6 Å². The van der Waals surface area contributed by atoms with Crippen LogP contribution in [0.2, 0.25) is 0 Å². The van der Waals surface area contributed by atoms with Crippen molar-refractivity contribution in [3.05, 3.63) is 32.5 Å². The van der Waals surface area contributed by atoms with E-state index in [-0.39, 0.29) is 11.7 Å². The number of H-pyrrole nitrogens is 2. The molecular formula is C20H30N6O4. The Morgan fingerprint density at radius 2 is 2.03 bits per heavy atom. The summed E-state index contributed by atoms with van der Waals surface area (Å²) >= 11 is 0. The first kappa shape index (κ1) is 21.8. The van der Waals surface area contributed by atoms with Crippen LogP contribution in [0.5, 0.6) is 0 Å². The summed E-state index contributed by atoms with van der Waals surface area (Å²) in [5, 5.41) is 1.38. The summed E-state index contributed by atoms with van der Waals surface area (Å²) in [5.74, 6) is 0.584. The summed E-state index contributed by atoms with van der Waals surface area (Å²) in [7, 11) is 0. The van der Waals surface area contributed by atoms with Crippen LogP contribution >= 0.6 is 0 Å². The Morgan fingerprint density at radius 1 is 1.30 bits per heavy atom. The van der Waals surface area contributed by atoms with Gasteiger partial charge in [-0.15, -0.1) is 0 Å². The predicted molar refractivity (Wildman–Crippen MR) is 114 cm³/mol. The van der Waals surface area contributed by atoms with Gasteiger partial charge in [0.05, 0.1) is 11.6 Å². The third-order valence-electron chi connectivity index (χ3n) is 4.83. The third kappa shape index (κ3) is 4.81. The Morgan fingerprint density at radius 3 is 2.67 bits per heavy atom. The van der Waals surface area contributed by atoms with E-state index in [0.717, 1.165) is 25.0 Å². The molecular weight excluding hydrogens is 388 g/mol. The van der Waals surface area contributed by atoms with Crippen molar-refractivity contribution >= 4 is 23.5 Å². The molecule has 1 fully saturated rings. The lowest BCUT2D eigenvalue weighted by atomic mass is 10.1. The SMILES string of the molecule is CC(C)=CCn1c(N2CCCC(N(C=O)OC(C)(C)C)C2)nc2[nH]c(=O)[nH]c(=O)c21. The standard InChI is InChI=1S/C20H30N6O4/c1-13(2)8-10-25-15-16(21-18(29)23-17(15)28)22-19(25)24-9-6-7-14(11-24)26(12-27)30-20(3,4)5/h8,12,14H,6-7,9-11H2,1-5H3,(H2,21,23,28,29). The van der Waals surface area contributed by atoms with Gasteiger partial charge >= 0.3 is 5.69 Å². The Bertz CT molecular complexity index is 1050. The highest BCUT2D eigenvalue weighted by molar-refractivity contribution is 5.73. The summed E-state index contributed by atoms with van der Waals surface area (Å²) in [5.41, 5.74) is 0.114. The molecule has 0 spiro atoms. The molecule has 10 nitrogen and oxygen atoms in total. The number of hydrogen-bond donors (Lipinski definition) is 2. The Hall–Kier alpha value is -2.88. The number of aromatic amines is 2. The molecule has 0 radical (unpaired) electrons. The number of fused-ring (bicyclic) bond motifs is 1. The van der Waals surface area contributed by atoms with Crippen molar-refractivity contribution in [3.8, 4) is 0 Å². The molecule has 1 amide bonds. The van der Waals surface area contributed by atoms with Crippen molar-refractivity contribution in [2.24, 2.45) is 0 Å². The maximum absolute atomic E-state index is 12.5. The number of carbonyl (C=O) groups is 1. The highest BCUT2D eigenvalue weighted by Gasteiger charge is 2.31. The lowest BCUT2D eigenvalue weighted by molar-refractivity contribution is -0.232. The first-order chi connectivity index (χ1) is 14.1. The molecule has 10 heteroatoms. The monoisotopic (exact) mass is 418 g/mol. The summed E-state index contributed by atoms with van der Waals surface area (Å²) in [4.78, 5) is 53.2. The van der Waals surface area contributed by atoms with E-state index in [2.05, 4.69) is 15.0 Å². The first-order valence-electron chi connectivity index (χ1n) is 10.1. The van der Waals surface area contributed by atoms with E-state index in [4.69, 9.17) is 4.84 Å². The number of nitrogens with zero attached hydrogens (tertiary/aromatic N) is 4. The van der Waals surface area contributed by atoms with E-state index in [1.54, 1.807) is 4.57 Å². The Labute approximate surface area is 174 Å². The lowest BCUT2D eigenvalue weighted by Gasteiger charge is -2.39. The molecule has 0 aliphatic carbocycles. The van der Waals surface area contributed by atoms with Gasteiger partial charge in [-0.1, -0.05) is 11.6 Å². The van der Waals surface area contributed by atoms with E-state index in [1.165, 1.54) is 5.06 Å².